The standard InChI is InChI=1S/C14H27NO2/c1-14(2)7-6-11(13(14)16)9-15-8-4-5-12(10-15)17-3/h11-13,16H,4-10H2,1-3H3. The van der Waals surface area contributed by atoms with Crippen molar-refractivity contribution >= 4 is 0 Å². The molecule has 1 aliphatic carbocycles. The van der Waals surface area contributed by atoms with Crippen LogP contribution in [0, 0.1) is 11.3 Å². The van der Waals surface area contributed by atoms with Gasteiger partial charge in [0.25, 0.3) is 0 Å². The number of hydrogen-bond acceptors (Lipinski definition) is 3. The normalized spacial score (nSPS) is 38.5. The summed E-state index contributed by atoms with van der Waals surface area (Å²) < 4.78 is 5.45. The molecule has 3 unspecified atom stereocenters. The lowest BCUT2D eigenvalue weighted by molar-refractivity contribution is 0.00103. The lowest BCUT2D eigenvalue weighted by atomic mass is 9.87. The monoisotopic (exact) mass is 241 g/mol. The molecule has 0 bridgehead atoms. The molecule has 17 heavy (non-hydrogen) atoms. The quantitative estimate of drug-likeness (QED) is 0.819. The second-order valence-electron chi connectivity index (χ2n) is 6.49. The van der Waals surface area contributed by atoms with Crippen LogP contribution in [0.15, 0.2) is 0 Å². The minimum atomic E-state index is -0.134. The summed E-state index contributed by atoms with van der Waals surface area (Å²) in [7, 11) is 1.81. The van der Waals surface area contributed by atoms with Crippen LogP contribution in [0.4, 0.5) is 0 Å². The summed E-state index contributed by atoms with van der Waals surface area (Å²) in [6.07, 6.45) is 5.00. The van der Waals surface area contributed by atoms with Crippen molar-refractivity contribution in [1.82, 2.24) is 4.90 Å². The van der Waals surface area contributed by atoms with Gasteiger partial charge in [-0.05, 0) is 43.6 Å². The van der Waals surface area contributed by atoms with Gasteiger partial charge in [0.2, 0.25) is 0 Å². The first-order valence-corrected chi connectivity index (χ1v) is 6.96. The van der Waals surface area contributed by atoms with E-state index in [0.717, 1.165) is 19.5 Å². The molecule has 0 aromatic heterocycles. The Morgan fingerprint density at radius 2 is 2.12 bits per heavy atom. The smallest absolute Gasteiger partial charge is 0.0698 e. The van der Waals surface area contributed by atoms with Crippen LogP contribution in [-0.4, -0.2) is 49.0 Å². The van der Waals surface area contributed by atoms with Crippen molar-refractivity contribution in [2.45, 2.75) is 51.7 Å². The zero-order valence-corrected chi connectivity index (χ0v) is 11.5. The van der Waals surface area contributed by atoms with Gasteiger partial charge in [-0.25, -0.2) is 0 Å². The first-order chi connectivity index (χ1) is 8.03. The van der Waals surface area contributed by atoms with E-state index in [1.807, 2.05) is 7.11 Å². The molecular formula is C14H27NO2. The molecule has 2 rings (SSSR count). The second kappa shape index (κ2) is 5.25. The third-order valence-electron chi connectivity index (χ3n) is 4.69. The number of aliphatic hydroxyl groups excluding tert-OH is 1. The van der Waals surface area contributed by atoms with Crippen LogP contribution >= 0.6 is 0 Å². The number of rotatable bonds is 3. The first kappa shape index (κ1) is 13.3. The number of aliphatic hydroxyl groups is 1. The van der Waals surface area contributed by atoms with E-state index in [0.29, 0.717) is 12.0 Å². The number of ether oxygens (including phenoxy) is 1. The third kappa shape index (κ3) is 3.01. The number of piperidine rings is 1. The molecule has 2 fully saturated rings. The second-order valence-corrected chi connectivity index (χ2v) is 6.49. The molecule has 0 aromatic rings. The van der Waals surface area contributed by atoms with Crippen LogP contribution in [0.3, 0.4) is 0 Å². The molecular weight excluding hydrogens is 214 g/mol. The van der Waals surface area contributed by atoms with Gasteiger partial charge in [0, 0.05) is 20.2 Å². The first-order valence-electron chi connectivity index (χ1n) is 6.96. The molecule has 0 aromatic carbocycles. The summed E-state index contributed by atoms with van der Waals surface area (Å²) >= 11 is 0. The SMILES string of the molecule is COC1CCCN(CC2CCC(C)(C)C2O)C1. The molecule has 1 N–H and O–H groups in total. The molecule has 0 radical (unpaired) electrons. The third-order valence-corrected chi connectivity index (χ3v) is 4.69. The van der Waals surface area contributed by atoms with Gasteiger partial charge >= 0.3 is 0 Å². The molecule has 1 heterocycles. The Morgan fingerprint density at radius 3 is 2.71 bits per heavy atom. The van der Waals surface area contributed by atoms with Crippen LogP contribution in [0.25, 0.3) is 0 Å². The summed E-state index contributed by atoms with van der Waals surface area (Å²) in [4.78, 5) is 2.48. The van der Waals surface area contributed by atoms with E-state index in [4.69, 9.17) is 4.74 Å². The van der Waals surface area contributed by atoms with Gasteiger partial charge in [0.15, 0.2) is 0 Å². The van der Waals surface area contributed by atoms with Crippen molar-refractivity contribution in [3.8, 4) is 0 Å². The van der Waals surface area contributed by atoms with Gasteiger partial charge in [-0.3, -0.25) is 0 Å². The van der Waals surface area contributed by atoms with Crippen LogP contribution in [0.2, 0.25) is 0 Å². The molecule has 1 saturated carbocycles. The van der Waals surface area contributed by atoms with Crippen LogP contribution in [-0.2, 0) is 4.74 Å². The summed E-state index contributed by atoms with van der Waals surface area (Å²) in [6, 6.07) is 0. The minimum Gasteiger partial charge on any atom is -0.392 e. The molecule has 3 heteroatoms. The molecule has 0 spiro atoms. The van der Waals surface area contributed by atoms with E-state index in [2.05, 4.69) is 18.7 Å². The highest BCUT2D eigenvalue weighted by Gasteiger charge is 2.41. The molecule has 100 valence electrons. The molecule has 3 atom stereocenters. The van der Waals surface area contributed by atoms with Crippen molar-refractivity contribution in [2.24, 2.45) is 11.3 Å². The van der Waals surface area contributed by atoms with E-state index in [1.165, 1.54) is 25.8 Å². The van der Waals surface area contributed by atoms with Crippen molar-refractivity contribution in [1.29, 1.82) is 0 Å². The molecule has 1 aliphatic heterocycles. The Morgan fingerprint density at radius 1 is 1.35 bits per heavy atom. The molecule has 3 nitrogen and oxygen atoms in total. The highest BCUT2D eigenvalue weighted by atomic mass is 16.5. The summed E-state index contributed by atoms with van der Waals surface area (Å²) in [6.45, 7) is 7.63. The molecule has 2 aliphatic rings. The molecule has 1 saturated heterocycles. The highest BCUT2D eigenvalue weighted by molar-refractivity contribution is 4.92. The number of nitrogens with zero attached hydrogens (tertiary/aromatic N) is 1. The van der Waals surface area contributed by atoms with Gasteiger partial charge in [-0.2, -0.15) is 0 Å². The lowest BCUT2D eigenvalue weighted by Gasteiger charge is -2.35. The van der Waals surface area contributed by atoms with E-state index in [-0.39, 0.29) is 11.5 Å². The van der Waals surface area contributed by atoms with E-state index >= 15 is 0 Å². The topological polar surface area (TPSA) is 32.7 Å². The Hall–Kier alpha value is -0.120. The average Bonchev–Trinajstić information content (AvgIpc) is 2.57. The fourth-order valence-corrected chi connectivity index (χ4v) is 3.40. The predicted molar refractivity (Wildman–Crippen MR) is 69.0 cm³/mol. The van der Waals surface area contributed by atoms with Crippen LogP contribution in [0.1, 0.15) is 39.5 Å². The summed E-state index contributed by atoms with van der Waals surface area (Å²) in [5.41, 5.74) is 0.112. The van der Waals surface area contributed by atoms with E-state index in [9.17, 15) is 5.11 Å². The predicted octanol–water partition coefficient (Wildman–Crippen LogP) is 1.89. The van der Waals surface area contributed by atoms with Crippen LogP contribution < -0.4 is 0 Å². The Bertz CT molecular complexity index is 255. The molecule has 0 amide bonds. The zero-order chi connectivity index (χ0) is 12.5. The van der Waals surface area contributed by atoms with Crippen LogP contribution in [0.5, 0.6) is 0 Å². The number of methoxy groups -OCH3 is 1. The number of likely N-dealkylation sites (tertiary alicyclic amines) is 1. The lowest BCUT2D eigenvalue weighted by Crippen LogP contribution is -2.43. The van der Waals surface area contributed by atoms with Gasteiger partial charge < -0.3 is 14.7 Å². The maximum atomic E-state index is 10.3. The maximum Gasteiger partial charge on any atom is 0.0698 e. The van der Waals surface area contributed by atoms with Crippen molar-refractivity contribution < 1.29 is 9.84 Å². The number of hydrogen-bond donors (Lipinski definition) is 1. The van der Waals surface area contributed by atoms with E-state index < -0.39 is 0 Å². The zero-order valence-electron chi connectivity index (χ0n) is 11.5. The highest BCUT2D eigenvalue weighted by Crippen LogP contribution is 2.41. The summed E-state index contributed by atoms with van der Waals surface area (Å²) in [5, 5.41) is 10.3. The largest absolute Gasteiger partial charge is 0.392 e. The van der Waals surface area contributed by atoms with Gasteiger partial charge in [0.1, 0.15) is 0 Å². The fraction of sp³-hybridized carbons (Fsp3) is 1.00. The Kier molecular flexibility index (Phi) is 4.11. The Labute approximate surface area is 105 Å². The van der Waals surface area contributed by atoms with E-state index in [1.54, 1.807) is 0 Å². The minimum absolute atomic E-state index is 0.112. The Balaban J connectivity index is 1.85. The van der Waals surface area contributed by atoms with Crippen molar-refractivity contribution in [3.05, 3.63) is 0 Å². The summed E-state index contributed by atoms with van der Waals surface area (Å²) in [5.74, 6) is 0.459. The average molecular weight is 241 g/mol. The van der Waals surface area contributed by atoms with Gasteiger partial charge in [0.05, 0.1) is 12.2 Å². The van der Waals surface area contributed by atoms with Gasteiger partial charge in [-0.1, -0.05) is 13.8 Å². The maximum absolute atomic E-state index is 10.3. The van der Waals surface area contributed by atoms with Crippen molar-refractivity contribution in [3.63, 3.8) is 0 Å². The van der Waals surface area contributed by atoms with Gasteiger partial charge in [-0.15, -0.1) is 0 Å². The van der Waals surface area contributed by atoms with Crippen molar-refractivity contribution in [2.75, 3.05) is 26.7 Å². The fourth-order valence-electron chi connectivity index (χ4n) is 3.40.